The first kappa shape index (κ1) is 12.0. The van der Waals surface area contributed by atoms with Crippen LogP contribution in [0.5, 0.6) is 0 Å². The molecule has 72 valence electrons. The zero-order valence-corrected chi connectivity index (χ0v) is 9.58. The number of nitrogens with zero attached hydrogens (tertiary/aromatic N) is 1. The molecule has 0 unspecified atom stereocenters. The van der Waals surface area contributed by atoms with Crippen LogP contribution in [-0.4, -0.2) is 43.6 Å². The van der Waals surface area contributed by atoms with Gasteiger partial charge in [0.2, 0.25) is 0 Å². The number of aliphatic imine (C=N–C) groups is 1. The van der Waals surface area contributed by atoms with Crippen molar-refractivity contribution in [2.45, 2.75) is 6.42 Å². The average Bonchev–Trinajstić information content (AvgIpc) is 2.04. The van der Waals surface area contributed by atoms with Crippen molar-refractivity contribution in [3.63, 3.8) is 0 Å². The lowest BCUT2D eigenvalue weighted by Gasteiger charge is -2.27. The van der Waals surface area contributed by atoms with Gasteiger partial charge < -0.3 is 0 Å². The standard InChI is InChI=1S/C8H17NOS2/c1-11-12(2,3)8-4-5-9-6-7-10/h6-7H,4-5,8H2,1-3H3. The van der Waals surface area contributed by atoms with E-state index in [1.165, 1.54) is 12.0 Å². The molecule has 0 aromatic carbocycles. The van der Waals surface area contributed by atoms with Gasteiger partial charge in [0.15, 0.2) is 6.29 Å². The minimum absolute atomic E-state index is 0.452. The summed E-state index contributed by atoms with van der Waals surface area (Å²) in [6.07, 6.45) is 9.92. The van der Waals surface area contributed by atoms with Crippen molar-refractivity contribution in [3.8, 4) is 0 Å². The van der Waals surface area contributed by atoms with E-state index in [2.05, 4.69) is 23.8 Å². The Bertz CT molecular complexity index is 157. The van der Waals surface area contributed by atoms with Crippen molar-refractivity contribution < 1.29 is 4.79 Å². The molecule has 12 heavy (non-hydrogen) atoms. The molecule has 0 atom stereocenters. The van der Waals surface area contributed by atoms with Gasteiger partial charge in [-0.2, -0.15) is 9.06 Å². The SMILES string of the molecule is CSS(C)(C)CCCN=CC=O. The first-order valence-electron chi connectivity index (χ1n) is 3.82. The highest BCUT2D eigenvalue weighted by molar-refractivity contribution is 8.93. The number of rotatable bonds is 6. The Balaban J connectivity index is 3.42. The van der Waals surface area contributed by atoms with Crippen LogP contribution < -0.4 is 0 Å². The summed E-state index contributed by atoms with van der Waals surface area (Å²) >= 11 is 0. The third-order valence-corrected chi connectivity index (χ3v) is 6.92. The number of carbonyl (C=O) groups excluding carboxylic acids is 1. The van der Waals surface area contributed by atoms with Gasteiger partial charge in [-0.25, -0.2) is 0 Å². The van der Waals surface area contributed by atoms with Crippen molar-refractivity contribution in [1.29, 1.82) is 0 Å². The highest BCUT2D eigenvalue weighted by atomic mass is 33.2. The quantitative estimate of drug-likeness (QED) is 0.288. The maximum absolute atomic E-state index is 9.87. The molecule has 0 aromatic rings. The summed E-state index contributed by atoms with van der Waals surface area (Å²) in [6.45, 7) is 0.787. The number of carbonyl (C=O) groups is 1. The molecule has 0 heterocycles. The summed E-state index contributed by atoms with van der Waals surface area (Å²) in [4.78, 5) is 13.8. The van der Waals surface area contributed by atoms with E-state index >= 15 is 0 Å². The van der Waals surface area contributed by atoms with Crippen LogP contribution in [-0.2, 0) is 4.79 Å². The van der Waals surface area contributed by atoms with E-state index in [0.717, 1.165) is 19.3 Å². The van der Waals surface area contributed by atoms with Crippen molar-refractivity contribution in [1.82, 2.24) is 0 Å². The molecule has 0 amide bonds. The second-order valence-electron chi connectivity index (χ2n) is 2.85. The Morgan fingerprint density at radius 1 is 1.50 bits per heavy atom. The lowest BCUT2D eigenvalue weighted by Crippen LogP contribution is -1.98. The normalized spacial score (nSPS) is 13.6. The Hall–Kier alpha value is 0.0400. The molecule has 4 heteroatoms. The largest absolute Gasteiger partial charge is 0.297 e. The second-order valence-corrected chi connectivity index (χ2v) is 10.2. The Labute approximate surface area is 79.9 Å². The lowest BCUT2D eigenvalue weighted by molar-refractivity contribution is -0.102. The summed E-state index contributed by atoms with van der Waals surface area (Å²) in [5.74, 6) is 1.23. The van der Waals surface area contributed by atoms with E-state index in [0.29, 0.717) is 0 Å². The minimum Gasteiger partial charge on any atom is -0.297 e. The molecular weight excluding hydrogens is 190 g/mol. The Morgan fingerprint density at radius 3 is 2.67 bits per heavy atom. The third kappa shape index (κ3) is 6.73. The molecular formula is C8H17NOS2. The fourth-order valence-corrected chi connectivity index (χ4v) is 2.55. The maximum atomic E-state index is 9.87. The van der Waals surface area contributed by atoms with E-state index in [4.69, 9.17) is 0 Å². The molecule has 2 nitrogen and oxygen atoms in total. The van der Waals surface area contributed by atoms with Crippen LogP contribution >= 0.6 is 19.9 Å². The summed E-state index contributed by atoms with van der Waals surface area (Å²) in [5, 5.41) is 0. The van der Waals surface area contributed by atoms with Gasteiger partial charge in [-0.15, -0.1) is 10.8 Å². The summed E-state index contributed by atoms with van der Waals surface area (Å²) in [5.41, 5.74) is 0. The van der Waals surface area contributed by atoms with Crippen LogP contribution in [0.4, 0.5) is 0 Å². The number of hydrogen-bond donors (Lipinski definition) is 0. The van der Waals surface area contributed by atoms with Crippen molar-refractivity contribution in [2.24, 2.45) is 4.99 Å². The van der Waals surface area contributed by atoms with Crippen molar-refractivity contribution >= 4 is 32.4 Å². The van der Waals surface area contributed by atoms with Crippen LogP contribution in [0.3, 0.4) is 0 Å². The fraction of sp³-hybridized carbons (Fsp3) is 0.750. The zero-order chi connectivity index (χ0) is 9.45. The second kappa shape index (κ2) is 6.54. The highest BCUT2D eigenvalue weighted by Gasteiger charge is 2.07. The van der Waals surface area contributed by atoms with Gasteiger partial charge in [0.1, 0.15) is 0 Å². The molecule has 0 rings (SSSR count). The molecule has 0 bridgehead atoms. The van der Waals surface area contributed by atoms with Crippen molar-refractivity contribution in [2.75, 3.05) is 31.1 Å². The van der Waals surface area contributed by atoms with E-state index in [9.17, 15) is 4.79 Å². The van der Waals surface area contributed by atoms with Gasteiger partial charge in [-0.1, -0.05) is 0 Å². The molecule has 0 aliphatic heterocycles. The van der Waals surface area contributed by atoms with Gasteiger partial charge in [0, 0.05) is 6.54 Å². The predicted molar refractivity (Wildman–Crippen MR) is 61.9 cm³/mol. The number of aldehydes is 1. The molecule has 0 aliphatic carbocycles. The lowest BCUT2D eigenvalue weighted by atomic mass is 10.5. The van der Waals surface area contributed by atoms with Crippen LogP contribution in [0.2, 0.25) is 0 Å². The maximum Gasteiger partial charge on any atom is 0.160 e. The summed E-state index contributed by atoms with van der Waals surface area (Å²) in [7, 11) is 1.50. The predicted octanol–water partition coefficient (Wildman–Crippen LogP) is 1.99. The van der Waals surface area contributed by atoms with Gasteiger partial charge in [0.05, 0.1) is 6.21 Å². The van der Waals surface area contributed by atoms with Crippen LogP contribution in [0, 0.1) is 0 Å². The van der Waals surface area contributed by atoms with Gasteiger partial charge in [-0.05, 0) is 30.9 Å². The number of hydrogen-bond acceptors (Lipinski definition) is 3. The highest BCUT2D eigenvalue weighted by Crippen LogP contribution is 2.51. The van der Waals surface area contributed by atoms with E-state index in [1.807, 2.05) is 10.8 Å². The monoisotopic (exact) mass is 207 g/mol. The average molecular weight is 207 g/mol. The molecule has 0 aromatic heterocycles. The molecule has 0 saturated carbocycles. The molecule has 0 spiro atoms. The molecule has 0 N–H and O–H groups in total. The van der Waals surface area contributed by atoms with Crippen molar-refractivity contribution in [3.05, 3.63) is 0 Å². The zero-order valence-electron chi connectivity index (χ0n) is 7.95. The van der Waals surface area contributed by atoms with Crippen LogP contribution in [0.15, 0.2) is 4.99 Å². The van der Waals surface area contributed by atoms with E-state index in [1.54, 1.807) is 0 Å². The molecule has 0 saturated heterocycles. The van der Waals surface area contributed by atoms with Gasteiger partial charge in [0.25, 0.3) is 0 Å². The smallest absolute Gasteiger partial charge is 0.160 e. The van der Waals surface area contributed by atoms with E-state index < -0.39 is 9.06 Å². The summed E-state index contributed by atoms with van der Waals surface area (Å²) in [6, 6.07) is 0. The van der Waals surface area contributed by atoms with Gasteiger partial charge in [-0.3, -0.25) is 9.79 Å². The van der Waals surface area contributed by atoms with Gasteiger partial charge >= 0.3 is 0 Å². The summed E-state index contributed by atoms with van der Waals surface area (Å²) < 4.78 is 0. The third-order valence-electron chi connectivity index (χ3n) is 1.54. The first-order chi connectivity index (χ1) is 5.62. The Morgan fingerprint density at radius 2 is 2.17 bits per heavy atom. The van der Waals surface area contributed by atoms with E-state index in [-0.39, 0.29) is 0 Å². The van der Waals surface area contributed by atoms with Crippen LogP contribution in [0.1, 0.15) is 6.42 Å². The van der Waals surface area contributed by atoms with Crippen LogP contribution in [0.25, 0.3) is 0 Å². The minimum atomic E-state index is -0.452. The molecule has 0 radical (unpaired) electrons. The Kier molecular flexibility index (Phi) is 6.57. The first-order valence-corrected chi connectivity index (χ1v) is 8.18. The fourth-order valence-electron chi connectivity index (χ4n) is 0.704. The molecule has 0 fully saturated rings. The topological polar surface area (TPSA) is 29.4 Å². The molecule has 0 aliphatic rings.